The fourth-order valence-corrected chi connectivity index (χ4v) is 3.65. The molecule has 23 heavy (non-hydrogen) atoms. The van der Waals surface area contributed by atoms with Crippen LogP contribution in [0.3, 0.4) is 0 Å². The molecule has 6 heteroatoms. The van der Waals surface area contributed by atoms with Crippen molar-refractivity contribution >= 4 is 23.1 Å². The number of nitrogens with zero attached hydrogens (tertiary/aromatic N) is 3. The lowest BCUT2D eigenvalue weighted by Crippen LogP contribution is -2.50. The van der Waals surface area contributed by atoms with Gasteiger partial charge >= 0.3 is 0 Å². The van der Waals surface area contributed by atoms with E-state index in [0.717, 1.165) is 31.0 Å². The summed E-state index contributed by atoms with van der Waals surface area (Å²) in [7, 11) is 0. The molecule has 2 aromatic rings. The van der Waals surface area contributed by atoms with E-state index in [1.165, 1.54) is 5.56 Å². The molecule has 0 bridgehead atoms. The van der Waals surface area contributed by atoms with Gasteiger partial charge in [-0.15, -0.1) is 10.2 Å². The SMILES string of the molecule is C[C@@]12CNc3nnc(Cl)cc3N1C[C@H](OCc1ccccc1)C2. The van der Waals surface area contributed by atoms with Crippen LogP contribution in [0.1, 0.15) is 18.9 Å². The summed E-state index contributed by atoms with van der Waals surface area (Å²) in [5.74, 6) is 0.801. The third kappa shape index (κ3) is 2.75. The summed E-state index contributed by atoms with van der Waals surface area (Å²) >= 11 is 6.03. The first kappa shape index (κ1) is 14.7. The van der Waals surface area contributed by atoms with E-state index in [1.807, 2.05) is 24.3 Å². The zero-order valence-electron chi connectivity index (χ0n) is 13.0. The maximum absolute atomic E-state index is 6.15. The highest BCUT2D eigenvalue weighted by atomic mass is 35.5. The van der Waals surface area contributed by atoms with Crippen molar-refractivity contribution in [3.8, 4) is 0 Å². The molecule has 0 radical (unpaired) electrons. The second kappa shape index (κ2) is 5.65. The molecule has 2 aliphatic rings. The molecule has 120 valence electrons. The molecular weight excluding hydrogens is 312 g/mol. The Labute approximate surface area is 140 Å². The van der Waals surface area contributed by atoms with Gasteiger partial charge in [0.15, 0.2) is 11.0 Å². The Kier molecular flexibility index (Phi) is 3.62. The van der Waals surface area contributed by atoms with Gasteiger partial charge in [0.05, 0.1) is 23.9 Å². The molecule has 0 unspecified atom stereocenters. The molecule has 2 aliphatic heterocycles. The van der Waals surface area contributed by atoms with Gasteiger partial charge in [-0.3, -0.25) is 0 Å². The van der Waals surface area contributed by atoms with Gasteiger partial charge in [-0.05, 0) is 18.9 Å². The number of rotatable bonds is 3. The number of ether oxygens (including phenoxy) is 1. The van der Waals surface area contributed by atoms with Crippen molar-refractivity contribution in [2.75, 3.05) is 23.3 Å². The second-order valence-electron chi connectivity index (χ2n) is 6.48. The number of fused-ring (bicyclic) bond motifs is 3. The van der Waals surface area contributed by atoms with Gasteiger partial charge in [-0.1, -0.05) is 41.9 Å². The van der Waals surface area contributed by atoms with E-state index in [9.17, 15) is 0 Å². The van der Waals surface area contributed by atoms with Gasteiger partial charge in [-0.25, -0.2) is 0 Å². The summed E-state index contributed by atoms with van der Waals surface area (Å²) in [4.78, 5) is 2.36. The Bertz CT molecular complexity index is 711. The highest BCUT2D eigenvalue weighted by molar-refractivity contribution is 6.29. The molecule has 2 atom stereocenters. The van der Waals surface area contributed by atoms with Gasteiger partial charge in [0, 0.05) is 19.2 Å². The topological polar surface area (TPSA) is 50.3 Å². The number of anilines is 2. The zero-order chi connectivity index (χ0) is 15.9. The number of aromatic nitrogens is 2. The Morgan fingerprint density at radius 3 is 3.00 bits per heavy atom. The minimum Gasteiger partial charge on any atom is -0.372 e. The smallest absolute Gasteiger partial charge is 0.172 e. The van der Waals surface area contributed by atoms with Crippen molar-refractivity contribution in [3.63, 3.8) is 0 Å². The van der Waals surface area contributed by atoms with Crippen LogP contribution in [0.4, 0.5) is 11.5 Å². The molecular formula is C17H19ClN4O. The van der Waals surface area contributed by atoms with E-state index in [1.54, 1.807) is 0 Å². The van der Waals surface area contributed by atoms with Gasteiger partial charge in [-0.2, -0.15) is 0 Å². The van der Waals surface area contributed by atoms with Crippen molar-refractivity contribution in [1.82, 2.24) is 10.2 Å². The minimum atomic E-state index is 0.0146. The Balaban J connectivity index is 1.51. The van der Waals surface area contributed by atoms with Crippen LogP contribution >= 0.6 is 11.6 Å². The second-order valence-corrected chi connectivity index (χ2v) is 6.87. The molecule has 1 saturated heterocycles. The van der Waals surface area contributed by atoms with Crippen molar-refractivity contribution < 1.29 is 4.74 Å². The number of benzene rings is 1. The maximum Gasteiger partial charge on any atom is 0.172 e. The largest absolute Gasteiger partial charge is 0.372 e. The molecule has 1 fully saturated rings. The summed E-state index contributed by atoms with van der Waals surface area (Å²) in [5, 5.41) is 11.9. The average molecular weight is 331 g/mol. The van der Waals surface area contributed by atoms with Crippen LogP contribution < -0.4 is 10.2 Å². The lowest BCUT2D eigenvalue weighted by molar-refractivity contribution is 0.0506. The Morgan fingerprint density at radius 1 is 1.35 bits per heavy atom. The number of hydrogen-bond acceptors (Lipinski definition) is 5. The summed E-state index contributed by atoms with van der Waals surface area (Å²) in [6, 6.07) is 12.2. The first-order valence-corrected chi connectivity index (χ1v) is 8.22. The molecule has 1 aromatic carbocycles. The number of halogens is 1. The van der Waals surface area contributed by atoms with Gasteiger partial charge in [0.1, 0.15) is 0 Å². The maximum atomic E-state index is 6.15. The van der Waals surface area contributed by atoms with Crippen LogP contribution in [0.15, 0.2) is 36.4 Å². The highest BCUT2D eigenvalue weighted by Gasteiger charge is 2.46. The van der Waals surface area contributed by atoms with Gasteiger partial charge in [0.2, 0.25) is 0 Å². The summed E-state index contributed by atoms with van der Waals surface area (Å²) < 4.78 is 6.15. The average Bonchev–Trinajstić information content (AvgIpc) is 2.91. The lowest BCUT2D eigenvalue weighted by Gasteiger charge is -2.41. The predicted octanol–water partition coefficient (Wildman–Crippen LogP) is 3.11. The molecule has 1 aromatic heterocycles. The van der Waals surface area contributed by atoms with E-state index >= 15 is 0 Å². The first-order valence-electron chi connectivity index (χ1n) is 7.84. The van der Waals surface area contributed by atoms with Crippen LogP contribution in [0.5, 0.6) is 0 Å². The van der Waals surface area contributed by atoms with E-state index in [0.29, 0.717) is 11.8 Å². The number of hydrogen-bond donors (Lipinski definition) is 1. The van der Waals surface area contributed by atoms with Crippen LogP contribution in [-0.2, 0) is 11.3 Å². The zero-order valence-corrected chi connectivity index (χ0v) is 13.8. The molecule has 5 nitrogen and oxygen atoms in total. The lowest BCUT2D eigenvalue weighted by atomic mass is 9.96. The number of nitrogens with one attached hydrogen (secondary N) is 1. The summed E-state index contributed by atoms with van der Waals surface area (Å²) in [5.41, 5.74) is 2.24. The minimum absolute atomic E-state index is 0.0146. The third-order valence-corrected chi connectivity index (χ3v) is 4.89. The van der Waals surface area contributed by atoms with E-state index in [2.05, 4.69) is 39.5 Å². The van der Waals surface area contributed by atoms with E-state index in [4.69, 9.17) is 16.3 Å². The predicted molar refractivity (Wildman–Crippen MR) is 90.9 cm³/mol. The van der Waals surface area contributed by atoms with Gasteiger partial charge in [0.25, 0.3) is 0 Å². The summed E-state index contributed by atoms with van der Waals surface area (Å²) in [6.45, 7) is 4.58. The third-order valence-electron chi connectivity index (χ3n) is 4.71. The van der Waals surface area contributed by atoms with E-state index < -0.39 is 0 Å². The van der Waals surface area contributed by atoms with Crippen LogP contribution in [0.2, 0.25) is 5.15 Å². The van der Waals surface area contributed by atoms with Crippen molar-refractivity contribution in [2.45, 2.75) is 31.6 Å². The fraction of sp³-hybridized carbons (Fsp3) is 0.412. The summed E-state index contributed by atoms with van der Waals surface area (Å²) in [6.07, 6.45) is 1.17. The standard InChI is InChI=1S/C17H19ClN4O/c1-17-8-13(23-10-12-5-3-2-4-6-12)9-22(17)14-7-15(18)20-21-16(14)19-11-17/h2-7,13H,8-11H2,1H3,(H,19,21)/t13-,17-/m1/s1. The van der Waals surface area contributed by atoms with Crippen LogP contribution in [0.25, 0.3) is 0 Å². The molecule has 0 aliphatic carbocycles. The molecule has 4 rings (SSSR count). The van der Waals surface area contributed by atoms with Crippen LogP contribution in [0, 0.1) is 0 Å². The molecule has 0 saturated carbocycles. The molecule has 0 spiro atoms. The molecule has 1 N–H and O–H groups in total. The van der Waals surface area contributed by atoms with Crippen molar-refractivity contribution in [3.05, 3.63) is 47.1 Å². The monoisotopic (exact) mass is 330 g/mol. The van der Waals surface area contributed by atoms with Crippen LogP contribution in [-0.4, -0.2) is 34.9 Å². The first-order chi connectivity index (χ1) is 11.1. The molecule has 0 amide bonds. The Hall–Kier alpha value is -1.85. The highest BCUT2D eigenvalue weighted by Crippen LogP contribution is 2.42. The van der Waals surface area contributed by atoms with Crippen molar-refractivity contribution in [1.29, 1.82) is 0 Å². The Morgan fingerprint density at radius 2 is 2.17 bits per heavy atom. The molecule has 3 heterocycles. The quantitative estimate of drug-likeness (QED) is 0.937. The normalized spacial score (nSPS) is 25.7. The van der Waals surface area contributed by atoms with Gasteiger partial charge < -0.3 is 15.0 Å². The fourth-order valence-electron chi connectivity index (χ4n) is 3.51. The van der Waals surface area contributed by atoms with Crippen molar-refractivity contribution in [2.24, 2.45) is 0 Å². The van der Waals surface area contributed by atoms with E-state index in [-0.39, 0.29) is 11.6 Å².